The van der Waals surface area contributed by atoms with Crippen LogP contribution in [-0.4, -0.2) is 81.6 Å². The van der Waals surface area contributed by atoms with Gasteiger partial charge in [0.05, 0.1) is 12.6 Å². The Balaban J connectivity index is 1.53. The maximum absolute atomic E-state index is 12.6. The number of likely N-dealkylation sites (tertiary alicyclic amines) is 1. The van der Waals surface area contributed by atoms with Gasteiger partial charge in [-0.05, 0) is 12.8 Å². The summed E-state index contributed by atoms with van der Waals surface area (Å²) >= 11 is 0. The molecule has 2 saturated heterocycles. The zero-order valence-corrected chi connectivity index (χ0v) is 14.4. The first-order valence-corrected chi connectivity index (χ1v) is 8.61. The molecule has 0 aromatic carbocycles. The summed E-state index contributed by atoms with van der Waals surface area (Å²) in [5.74, 6) is 0.611. The summed E-state index contributed by atoms with van der Waals surface area (Å²) in [6, 6.07) is -0.411. The van der Waals surface area contributed by atoms with E-state index in [-0.39, 0.29) is 12.5 Å². The van der Waals surface area contributed by atoms with Crippen LogP contribution in [0, 0.1) is 0 Å². The molecule has 3 rings (SSSR count). The van der Waals surface area contributed by atoms with Gasteiger partial charge in [-0.15, -0.1) is 0 Å². The van der Waals surface area contributed by atoms with Crippen molar-refractivity contribution in [2.75, 3.05) is 39.3 Å². The van der Waals surface area contributed by atoms with Crippen LogP contribution >= 0.6 is 0 Å². The van der Waals surface area contributed by atoms with Crippen molar-refractivity contribution in [2.45, 2.75) is 31.6 Å². The molecule has 2 aliphatic heterocycles. The third kappa shape index (κ3) is 4.52. The van der Waals surface area contributed by atoms with E-state index >= 15 is 0 Å². The number of aromatic nitrogens is 2. The maximum atomic E-state index is 12.6. The van der Waals surface area contributed by atoms with Crippen molar-refractivity contribution < 1.29 is 18.0 Å². The molecule has 0 N–H and O–H groups in total. The summed E-state index contributed by atoms with van der Waals surface area (Å²) in [5.41, 5.74) is 0. The van der Waals surface area contributed by atoms with Gasteiger partial charge in [-0.2, -0.15) is 13.2 Å². The summed E-state index contributed by atoms with van der Waals surface area (Å²) in [4.78, 5) is 22.0. The fourth-order valence-corrected chi connectivity index (χ4v) is 3.61. The van der Waals surface area contributed by atoms with Gasteiger partial charge in [-0.3, -0.25) is 14.6 Å². The van der Waals surface area contributed by atoms with Gasteiger partial charge in [0.1, 0.15) is 12.4 Å². The van der Waals surface area contributed by atoms with Crippen LogP contribution in [0.25, 0.3) is 0 Å². The molecule has 0 saturated carbocycles. The predicted molar refractivity (Wildman–Crippen MR) is 85.7 cm³/mol. The van der Waals surface area contributed by atoms with E-state index in [1.54, 1.807) is 6.20 Å². The lowest BCUT2D eigenvalue weighted by atomic mass is 10.0. The minimum Gasteiger partial charge on any atom is -0.337 e. The molecular formula is C16H24F3N5O. The SMILES string of the molecule is Cn1ccnc1CN1CCN([C@@H]2CCCN(CC(F)(F)F)C2=O)CC1. The highest BCUT2D eigenvalue weighted by Crippen LogP contribution is 2.23. The summed E-state index contributed by atoms with van der Waals surface area (Å²) in [6.45, 7) is 2.78. The van der Waals surface area contributed by atoms with Crippen molar-refractivity contribution in [3.8, 4) is 0 Å². The van der Waals surface area contributed by atoms with E-state index in [4.69, 9.17) is 0 Å². The molecule has 2 fully saturated rings. The van der Waals surface area contributed by atoms with E-state index < -0.39 is 18.8 Å². The van der Waals surface area contributed by atoms with Crippen LogP contribution in [0.4, 0.5) is 13.2 Å². The molecule has 1 aromatic heterocycles. The standard InChI is InChI=1S/C16H24F3N5O/c1-21-6-4-20-14(21)11-22-7-9-23(10-8-22)13-3-2-5-24(15(13)25)12-16(17,18)19/h4,6,13H,2-3,5,7-12H2,1H3/t13-/m1/s1. The Morgan fingerprint density at radius 1 is 1.20 bits per heavy atom. The van der Waals surface area contributed by atoms with Crippen LogP contribution < -0.4 is 0 Å². The number of amides is 1. The first kappa shape index (κ1) is 18.2. The van der Waals surface area contributed by atoms with Crippen LogP contribution in [0.2, 0.25) is 0 Å². The third-order valence-electron chi connectivity index (χ3n) is 5.01. The average molecular weight is 359 g/mol. The van der Waals surface area contributed by atoms with Crippen LogP contribution in [0.15, 0.2) is 12.4 Å². The first-order valence-electron chi connectivity index (χ1n) is 8.61. The second kappa shape index (κ2) is 7.33. The van der Waals surface area contributed by atoms with Gasteiger partial charge in [0, 0.05) is 52.2 Å². The van der Waals surface area contributed by atoms with Crippen molar-refractivity contribution >= 4 is 5.91 Å². The third-order valence-corrected chi connectivity index (χ3v) is 5.01. The molecular weight excluding hydrogens is 335 g/mol. The quantitative estimate of drug-likeness (QED) is 0.807. The zero-order valence-electron chi connectivity index (χ0n) is 14.4. The second-order valence-electron chi connectivity index (χ2n) is 6.80. The summed E-state index contributed by atoms with van der Waals surface area (Å²) < 4.78 is 39.9. The number of carbonyl (C=O) groups excluding carboxylic acids is 1. The van der Waals surface area contributed by atoms with Gasteiger partial charge in [0.15, 0.2) is 0 Å². The largest absolute Gasteiger partial charge is 0.406 e. The van der Waals surface area contributed by atoms with E-state index in [1.165, 1.54) is 0 Å². The Labute approximate surface area is 145 Å². The molecule has 9 heteroatoms. The van der Waals surface area contributed by atoms with E-state index in [2.05, 4.69) is 9.88 Å². The number of piperazine rings is 1. The predicted octanol–water partition coefficient (Wildman–Crippen LogP) is 1.09. The van der Waals surface area contributed by atoms with Gasteiger partial charge in [-0.1, -0.05) is 0 Å². The summed E-state index contributed by atoms with van der Waals surface area (Å²) in [7, 11) is 1.95. The minimum atomic E-state index is -4.34. The number of aryl methyl sites for hydroxylation is 1. The normalized spacial score (nSPS) is 24.1. The molecule has 1 amide bonds. The minimum absolute atomic E-state index is 0.202. The second-order valence-corrected chi connectivity index (χ2v) is 6.80. The molecule has 140 valence electrons. The smallest absolute Gasteiger partial charge is 0.337 e. The van der Waals surface area contributed by atoms with Crippen LogP contribution in [0.1, 0.15) is 18.7 Å². The highest BCUT2D eigenvalue weighted by molar-refractivity contribution is 5.82. The monoisotopic (exact) mass is 359 g/mol. The number of nitrogens with zero attached hydrogens (tertiary/aromatic N) is 5. The summed E-state index contributed by atoms with van der Waals surface area (Å²) in [6.07, 6.45) is 0.605. The molecule has 1 aromatic rings. The number of piperidine rings is 1. The number of hydrogen-bond acceptors (Lipinski definition) is 4. The molecule has 0 spiro atoms. The van der Waals surface area contributed by atoms with Gasteiger partial charge in [0.25, 0.3) is 0 Å². The van der Waals surface area contributed by atoms with Crippen molar-refractivity contribution in [3.05, 3.63) is 18.2 Å². The van der Waals surface area contributed by atoms with Crippen molar-refractivity contribution in [1.29, 1.82) is 0 Å². The van der Waals surface area contributed by atoms with Crippen LogP contribution in [0.5, 0.6) is 0 Å². The summed E-state index contributed by atoms with van der Waals surface area (Å²) in [5, 5.41) is 0. The Hall–Kier alpha value is -1.61. The molecule has 25 heavy (non-hydrogen) atoms. The van der Waals surface area contributed by atoms with Crippen LogP contribution in [0.3, 0.4) is 0 Å². The van der Waals surface area contributed by atoms with E-state index in [0.29, 0.717) is 25.9 Å². The Morgan fingerprint density at radius 3 is 2.52 bits per heavy atom. The number of hydrogen-bond donors (Lipinski definition) is 0. The molecule has 0 aliphatic carbocycles. The molecule has 2 aliphatic rings. The fraction of sp³-hybridized carbons (Fsp3) is 0.750. The van der Waals surface area contributed by atoms with E-state index in [0.717, 1.165) is 30.4 Å². The molecule has 6 nitrogen and oxygen atoms in total. The van der Waals surface area contributed by atoms with E-state index in [9.17, 15) is 18.0 Å². The number of imidazole rings is 1. The van der Waals surface area contributed by atoms with Crippen LogP contribution in [-0.2, 0) is 18.4 Å². The highest BCUT2D eigenvalue weighted by atomic mass is 19.4. The number of rotatable bonds is 4. The highest BCUT2D eigenvalue weighted by Gasteiger charge is 2.39. The van der Waals surface area contributed by atoms with Gasteiger partial charge < -0.3 is 9.47 Å². The Morgan fingerprint density at radius 2 is 1.92 bits per heavy atom. The maximum Gasteiger partial charge on any atom is 0.406 e. The molecule has 1 atom stereocenters. The number of halogens is 3. The van der Waals surface area contributed by atoms with Gasteiger partial charge in [-0.25, -0.2) is 4.98 Å². The lowest BCUT2D eigenvalue weighted by Crippen LogP contribution is -2.58. The Kier molecular flexibility index (Phi) is 5.33. The number of alkyl halides is 3. The number of carbonyl (C=O) groups is 1. The fourth-order valence-electron chi connectivity index (χ4n) is 3.61. The van der Waals surface area contributed by atoms with Gasteiger partial charge >= 0.3 is 6.18 Å². The molecule has 3 heterocycles. The molecule has 0 unspecified atom stereocenters. The molecule has 0 bridgehead atoms. The van der Waals surface area contributed by atoms with Crippen molar-refractivity contribution in [1.82, 2.24) is 24.3 Å². The van der Waals surface area contributed by atoms with E-state index in [1.807, 2.05) is 22.7 Å². The van der Waals surface area contributed by atoms with Gasteiger partial charge in [0.2, 0.25) is 5.91 Å². The van der Waals surface area contributed by atoms with Crippen molar-refractivity contribution in [2.24, 2.45) is 7.05 Å². The van der Waals surface area contributed by atoms with Crippen molar-refractivity contribution in [3.63, 3.8) is 0 Å². The Bertz CT molecular complexity index is 595. The lowest BCUT2D eigenvalue weighted by Gasteiger charge is -2.42. The average Bonchev–Trinajstić information content (AvgIpc) is 2.94. The topological polar surface area (TPSA) is 44.6 Å². The lowest BCUT2D eigenvalue weighted by molar-refractivity contribution is -0.168. The molecule has 0 radical (unpaired) electrons. The first-order chi connectivity index (χ1) is 11.8. The zero-order chi connectivity index (χ0) is 18.0.